The van der Waals surface area contributed by atoms with Crippen LogP contribution in [0.25, 0.3) is 0 Å². The molecule has 1 aliphatic heterocycles. The Morgan fingerprint density at radius 1 is 1.52 bits per heavy atom. The summed E-state index contributed by atoms with van der Waals surface area (Å²) in [6.07, 6.45) is 5.47. The minimum absolute atomic E-state index is 0.0256. The Labute approximate surface area is 127 Å². The standard InChI is InChI=1S/C16H27N3O2/c1-13(2)19-7-5-15(11-19)10-18-8-9-21-16(12-18)4-6-17-14(3)20/h5,7,11,13,16H,4,6,8-10,12H2,1-3H3,(H,17,20)/t16-/m1/s1. The first-order valence-electron chi connectivity index (χ1n) is 7.79. The fourth-order valence-electron chi connectivity index (χ4n) is 2.64. The fraction of sp³-hybridized carbons (Fsp3) is 0.688. The average Bonchev–Trinajstić information content (AvgIpc) is 2.87. The van der Waals surface area contributed by atoms with Crippen molar-refractivity contribution in [3.8, 4) is 0 Å². The predicted octanol–water partition coefficient (Wildman–Crippen LogP) is 1.80. The Balaban J connectivity index is 1.79. The number of amides is 1. The van der Waals surface area contributed by atoms with Crippen molar-refractivity contribution in [2.45, 2.75) is 45.9 Å². The van der Waals surface area contributed by atoms with Crippen LogP contribution in [0, 0.1) is 0 Å². The number of morpholine rings is 1. The molecule has 5 heteroatoms. The number of carbonyl (C=O) groups excluding carboxylic acids is 1. The minimum Gasteiger partial charge on any atom is -0.375 e. The zero-order valence-electron chi connectivity index (χ0n) is 13.3. The molecule has 5 nitrogen and oxygen atoms in total. The number of nitrogens with one attached hydrogen (secondary N) is 1. The van der Waals surface area contributed by atoms with Crippen molar-refractivity contribution in [3.63, 3.8) is 0 Å². The molecule has 21 heavy (non-hydrogen) atoms. The average molecular weight is 293 g/mol. The van der Waals surface area contributed by atoms with E-state index in [0.717, 1.165) is 32.7 Å². The number of nitrogens with zero attached hydrogens (tertiary/aromatic N) is 2. The lowest BCUT2D eigenvalue weighted by atomic mass is 10.2. The van der Waals surface area contributed by atoms with Crippen LogP contribution >= 0.6 is 0 Å². The Morgan fingerprint density at radius 2 is 2.33 bits per heavy atom. The number of rotatable bonds is 6. The molecule has 1 aliphatic rings. The van der Waals surface area contributed by atoms with Crippen LogP contribution in [-0.4, -0.2) is 47.7 Å². The van der Waals surface area contributed by atoms with Crippen LogP contribution in [0.2, 0.25) is 0 Å². The largest absolute Gasteiger partial charge is 0.375 e. The van der Waals surface area contributed by atoms with Crippen LogP contribution in [0.4, 0.5) is 0 Å². The topological polar surface area (TPSA) is 46.5 Å². The molecule has 0 saturated carbocycles. The third kappa shape index (κ3) is 5.17. The van der Waals surface area contributed by atoms with Crippen LogP contribution in [0.15, 0.2) is 18.5 Å². The molecule has 2 heterocycles. The van der Waals surface area contributed by atoms with Crippen molar-refractivity contribution < 1.29 is 9.53 Å². The van der Waals surface area contributed by atoms with E-state index in [9.17, 15) is 4.79 Å². The first-order chi connectivity index (χ1) is 10.0. The summed E-state index contributed by atoms with van der Waals surface area (Å²) in [7, 11) is 0. The minimum atomic E-state index is 0.0256. The van der Waals surface area contributed by atoms with Crippen LogP contribution in [0.3, 0.4) is 0 Å². The van der Waals surface area contributed by atoms with Crippen LogP contribution in [-0.2, 0) is 16.1 Å². The van der Waals surface area contributed by atoms with Crippen molar-refractivity contribution in [2.24, 2.45) is 0 Å². The molecule has 2 rings (SSSR count). The highest BCUT2D eigenvalue weighted by atomic mass is 16.5. The van der Waals surface area contributed by atoms with Gasteiger partial charge in [-0.25, -0.2) is 0 Å². The van der Waals surface area contributed by atoms with Gasteiger partial charge in [-0.2, -0.15) is 0 Å². The molecule has 1 atom stereocenters. The molecule has 118 valence electrons. The zero-order valence-corrected chi connectivity index (χ0v) is 13.3. The van der Waals surface area contributed by atoms with Crippen molar-refractivity contribution in [3.05, 3.63) is 24.0 Å². The van der Waals surface area contributed by atoms with Gasteiger partial charge in [-0.3, -0.25) is 9.69 Å². The van der Waals surface area contributed by atoms with Gasteiger partial charge in [-0.05, 0) is 31.9 Å². The van der Waals surface area contributed by atoms with E-state index in [2.05, 4.69) is 47.1 Å². The van der Waals surface area contributed by atoms with E-state index in [-0.39, 0.29) is 12.0 Å². The van der Waals surface area contributed by atoms with E-state index in [1.54, 1.807) is 6.92 Å². The number of hydrogen-bond donors (Lipinski definition) is 1. The smallest absolute Gasteiger partial charge is 0.216 e. The zero-order chi connectivity index (χ0) is 15.2. The summed E-state index contributed by atoms with van der Waals surface area (Å²) in [6.45, 7) is 10.3. The molecule has 0 spiro atoms. The third-order valence-corrected chi connectivity index (χ3v) is 3.84. The molecule has 0 unspecified atom stereocenters. The Bertz CT molecular complexity index is 456. The van der Waals surface area contributed by atoms with Gasteiger partial charge in [0.15, 0.2) is 0 Å². The summed E-state index contributed by atoms with van der Waals surface area (Å²) in [5.41, 5.74) is 1.35. The molecule has 1 amide bonds. The van der Waals surface area contributed by atoms with E-state index < -0.39 is 0 Å². The summed E-state index contributed by atoms with van der Waals surface area (Å²) in [5.74, 6) is 0.0256. The molecule has 1 aromatic rings. The molecule has 1 N–H and O–H groups in total. The lowest BCUT2D eigenvalue weighted by Gasteiger charge is -2.32. The monoisotopic (exact) mass is 293 g/mol. The van der Waals surface area contributed by atoms with Gasteiger partial charge < -0.3 is 14.6 Å². The molecule has 1 aromatic heterocycles. The normalized spacial score (nSPS) is 19.9. The fourth-order valence-corrected chi connectivity index (χ4v) is 2.64. The lowest BCUT2D eigenvalue weighted by Crippen LogP contribution is -2.43. The molecular formula is C16H27N3O2. The Kier molecular flexibility index (Phi) is 5.82. The Hall–Kier alpha value is -1.33. The second-order valence-electron chi connectivity index (χ2n) is 6.06. The first-order valence-corrected chi connectivity index (χ1v) is 7.79. The number of carbonyl (C=O) groups is 1. The highest BCUT2D eigenvalue weighted by Crippen LogP contribution is 2.14. The van der Waals surface area contributed by atoms with Gasteiger partial charge in [-0.15, -0.1) is 0 Å². The maximum Gasteiger partial charge on any atom is 0.216 e. The third-order valence-electron chi connectivity index (χ3n) is 3.84. The maximum atomic E-state index is 10.9. The van der Waals surface area contributed by atoms with E-state index in [1.807, 2.05) is 0 Å². The quantitative estimate of drug-likeness (QED) is 0.870. The molecule has 0 radical (unpaired) electrons. The van der Waals surface area contributed by atoms with E-state index in [1.165, 1.54) is 5.56 Å². The number of ether oxygens (including phenoxy) is 1. The summed E-state index contributed by atoms with van der Waals surface area (Å²) >= 11 is 0. The maximum absolute atomic E-state index is 10.9. The molecule has 1 saturated heterocycles. The van der Waals surface area contributed by atoms with Crippen LogP contribution in [0.1, 0.15) is 38.8 Å². The van der Waals surface area contributed by atoms with E-state index in [0.29, 0.717) is 12.6 Å². The second kappa shape index (κ2) is 7.61. The van der Waals surface area contributed by atoms with Crippen molar-refractivity contribution >= 4 is 5.91 Å². The molecule has 0 aliphatic carbocycles. The molecule has 1 fully saturated rings. The van der Waals surface area contributed by atoms with Gasteiger partial charge in [0.05, 0.1) is 12.7 Å². The highest BCUT2D eigenvalue weighted by molar-refractivity contribution is 5.72. The van der Waals surface area contributed by atoms with Gasteiger partial charge in [0.2, 0.25) is 5.91 Å². The summed E-state index contributed by atoms with van der Waals surface area (Å²) in [5, 5.41) is 2.83. The van der Waals surface area contributed by atoms with Crippen molar-refractivity contribution in [1.82, 2.24) is 14.8 Å². The number of hydrogen-bond acceptors (Lipinski definition) is 3. The van der Waals surface area contributed by atoms with Gasteiger partial charge in [-0.1, -0.05) is 0 Å². The highest BCUT2D eigenvalue weighted by Gasteiger charge is 2.20. The Morgan fingerprint density at radius 3 is 3.00 bits per heavy atom. The lowest BCUT2D eigenvalue weighted by molar-refractivity contribution is -0.119. The van der Waals surface area contributed by atoms with Crippen molar-refractivity contribution in [1.29, 1.82) is 0 Å². The van der Waals surface area contributed by atoms with Crippen molar-refractivity contribution in [2.75, 3.05) is 26.2 Å². The van der Waals surface area contributed by atoms with Gasteiger partial charge in [0, 0.05) is 51.5 Å². The van der Waals surface area contributed by atoms with Gasteiger partial charge in [0.1, 0.15) is 0 Å². The van der Waals surface area contributed by atoms with E-state index in [4.69, 9.17) is 4.74 Å². The summed E-state index contributed by atoms with van der Waals surface area (Å²) in [4.78, 5) is 13.3. The van der Waals surface area contributed by atoms with Gasteiger partial charge >= 0.3 is 0 Å². The molecule has 0 bridgehead atoms. The second-order valence-corrected chi connectivity index (χ2v) is 6.06. The van der Waals surface area contributed by atoms with Crippen LogP contribution < -0.4 is 5.32 Å². The van der Waals surface area contributed by atoms with Crippen LogP contribution in [0.5, 0.6) is 0 Å². The molecular weight excluding hydrogens is 266 g/mol. The first kappa shape index (κ1) is 16.0. The predicted molar refractivity (Wildman–Crippen MR) is 83.1 cm³/mol. The number of aromatic nitrogens is 1. The summed E-state index contributed by atoms with van der Waals surface area (Å²) < 4.78 is 8.01. The molecule has 0 aromatic carbocycles. The SMILES string of the molecule is CC(=O)NCC[C@@H]1CN(Cc2ccn(C(C)C)c2)CCO1. The van der Waals surface area contributed by atoms with E-state index >= 15 is 0 Å². The van der Waals surface area contributed by atoms with Gasteiger partial charge in [0.25, 0.3) is 0 Å². The summed E-state index contributed by atoms with van der Waals surface area (Å²) in [6, 6.07) is 2.70.